The van der Waals surface area contributed by atoms with Crippen molar-refractivity contribution in [3.8, 4) is 0 Å². The SMILES string of the molecule is [2H]c1c([2H])c([C@]2([2H])N(C([2H])([2H])C3=NN(P(=O)(OC)OC)C(=O)C3)C(C)(C)C([2H])(C)O[C@]2([2H])O[C@@](C)(c2c([2H])c(C(F)(F)F)c([2H])c(C(F)(F)F)c2C)C([2H])(C)C)c(C)c([2H])c1F. The second-order valence-electron chi connectivity index (χ2n) is 12.4. The van der Waals surface area contributed by atoms with Gasteiger partial charge in [-0.05, 0) is 93.9 Å². The van der Waals surface area contributed by atoms with Crippen LogP contribution in [0.15, 0.2) is 35.3 Å². The number of hydrogen-bond acceptors (Lipinski definition) is 8. The fourth-order valence-electron chi connectivity index (χ4n) is 5.14. The third kappa shape index (κ3) is 7.77. The number of ether oxygens (including phenoxy) is 2. The molecule has 2 aromatic carbocycles. The Morgan fingerprint density at radius 1 is 1.12 bits per heavy atom. The van der Waals surface area contributed by atoms with E-state index < -0.39 is 149 Å². The van der Waals surface area contributed by atoms with Gasteiger partial charge in [0, 0.05) is 30.4 Å². The van der Waals surface area contributed by atoms with Gasteiger partial charge >= 0.3 is 20.1 Å². The number of halogens is 7. The molecule has 9 nitrogen and oxygen atoms in total. The minimum absolute atomic E-state index is 0.136. The van der Waals surface area contributed by atoms with E-state index >= 15 is 4.39 Å². The fourth-order valence-corrected chi connectivity index (χ4v) is 6.16. The number of rotatable bonds is 10. The summed E-state index contributed by atoms with van der Waals surface area (Å²) in [7, 11) is -2.96. The maximum atomic E-state index is 15.3. The number of nitrogens with zero attached hydrogens (tertiary/aromatic N) is 3. The topological polar surface area (TPSA) is 89.9 Å². The van der Waals surface area contributed by atoms with E-state index in [0.29, 0.717) is 13.8 Å². The van der Waals surface area contributed by atoms with E-state index in [2.05, 4.69) is 5.10 Å². The highest BCUT2D eigenvalue weighted by Crippen LogP contribution is 2.53. The van der Waals surface area contributed by atoms with Gasteiger partial charge in [-0.15, -0.1) is 4.78 Å². The van der Waals surface area contributed by atoms with Crippen LogP contribution in [0, 0.1) is 25.6 Å². The zero-order valence-electron chi connectivity index (χ0n) is 40.1. The van der Waals surface area contributed by atoms with E-state index in [1.807, 2.05) is 0 Å². The molecule has 51 heavy (non-hydrogen) atoms. The monoisotopic (exact) mass is 764 g/mol. The number of alkyl halides is 6. The first-order valence-electron chi connectivity index (χ1n) is 20.4. The molecule has 284 valence electrons. The lowest BCUT2D eigenvalue weighted by Gasteiger charge is -2.56. The third-order valence-corrected chi connectivity index (χ3v) is 10.2. The van der Waals surface area contributed by atoms with Gasteiger partial charge in [0.1, 0.15) is 5.82 Å². The van der Waals surface area contributed by atoms with Gasteiger partial charge in [0.25, 0.3) is 5.91 Å². The number of morpholine rings is 1. The van der Waals surface area contributed by atoms with Gasteiger partial charge < -0.3 is 9.47 Å². The molecule has 2 aliphatic rings. The minimum atomic E-state index is -5.84. The van der Waals surface area contributed by atoms with Crippen LogP contribution in [-0.2, 0) is 45.8 Å². The largest absolute Gasteiger partial charge is 0.457 e. The summed E-state index contributed by atoms with van der Waals surface area (Å²) in [6.45, 7) is 3.07. The van der Waals surface area contributed by atoms with E-state index in [1.165, 1.54) is 0 Å². The molecule has 0 spiro atoms. The van der Waals surface area contributed by atoms with Gasteiger partial charge in [-0.2, -0.15) is 31.4 Å². The smallest absolute Gasteiger partial charge is 0.346 e. The van der Waals surface area contributed by atoms with E-state index in [4.69, 9.17) is 26.7 Å². The Morgan fingerprint density at radius 2 is 1.71 bits per heavy atom. The highest BCUT2D eigenvalue weighted by molar-refractivity contribution is 7.52. The van der Waals surface area contributed by atoms with Gasteiger partial charge in [0.15, 0.2) is 6.27 Å². The molecule has 0 aliphatic carbocycles. The number of carbonyl (C=O) groups is 1. The normalized spacial score (nSPS) is 31.1. The lowest BCUT2D eigenvalue weighted by Crippen LogP contribution is -2.64. The zero-order valence-corrected chi connectivity index (χ0v) is 30.0. The van der Waals surface area contributed by atoms with Crippen molar-refractivity contribution in [2.24, 2.45) is 11.0 Å². The van der Waals surface area contributed by atoms with E-state index in [9.17, 15) is 42.6 Å². The predicted octanol–water partition coefficient (Wildman–Crippen LogP) is 8.92. The molecule has 1 fully saturated rings. The number of benzene rings is 2. The standard InChI is InChI=1S/C34H43F7N3O6P/c1-18(2)32(8,26-14-22(33(36,37)38)15-27(20(26)4)34(39,40)41)50-30-29(25-12-11-23(35)13-19(25)3)43(31(6,7)21(5)49-30)17-24-16-28(45)44(42-24)51(46,47-9)48-10/h11-15,18,21,29-30H,16-17H2,1-10H3/t21?,29-,30+,32+/m0/s1/i11D,12D,13D,14D,15D,17D2,18D,21D,29D,30D. The highest BCUT2D eigenvalue weighted by atomic mass is 31.2. The van der Waals surface area contributed by atoms with Gasteiger partial charge in [0.05, 0.1) is 51.9 Å². The van der Waals surface area contributed by atoms with Gasteiger partial charge in [-0.1, -0.05) is 19.9 Å². The first-order chi connectivity index (χ1) is 27.5. The molecule has 0 N–H and O–H groups in total. The first-order valence-corrected chi connectivity index (χ1v) is 16.4. The van der Waals surface area contributed by atoms with Crippen LogP contribution < -0.4 is 0 Å². The summed E-state index contributed by atoms with van der Waals surface area (Å²) in [6.07, 6.45) is -19.7. The second kappa shape index (κ2) is 14.2. The van der Waals surface area contributed by atoms with E-state index in [1.54, 1.807) is 0 Å². The Balaban J connectivity index is 2.33. The summed E-state index contributed by atoms with van der Waals surface area (Å²) in [5.41, 5.74) is -16.1. The molecular weight excluding hydrogens is 710 g/mol. The number of amides is 1. The van der Waals surface area contributed by atoms with Crippen LogP contribution >= 0.6 is 7.75 Å². The summed E-state index contributed by atoms with van der Waals surface area (Å²) in [6, 6.07) is -11.9. The van der Waals surface area contributed by atoms with Crippen molar-refractivity contribution in [3.05, 3.63) is 69.4 Å². The lowest BCUT2D eigenvalue weighted by molar-refractivity contribution is -0.310. The third-order valence-electron chi connectivity index (χ3n) is 8.53. The molecule has 0 radical (unpaired) electrons. The van der Waals surface area contributed by atoms with Crippen LogP contribution in [-0.4, -0.2) is 59.9 Å². The van der Waals surface area contributed by atoms with Crippen molar-refractivity contribution in [2.75, 3.05) is 20.7 Å². The minimum Gasteiger partial charge on any atom is -0.346 e. The molecule has 0 bridgehead atoms. The molecule has 2 aromatic rings. The Labute approximate surface area is 308 Å². The molecule has 1 saturated heterocycles. The highest BCUT2D eigenvalue weighted by Gasteiger charge is 2.53. The Kier molecular flexibility index (Phi) is 7.69. The van der Waals surface area contributed by atoms with Crippen molar-refractivity contribution in [3.63, 3.8) is 0 Å². The van der Waals surface area contributed by atoms with Crippen molar-refractivity contribution < 1.29 is 73.7 Å². The van der Waals surface area contributed by atoms with Crippen molar-refractivity contribution in [1.82, 2.24) is 9.68 Å². The van der Waals surface area contributed by atoms with Crippen LogP contribution in [0.1, 0.15) is 102 Å². The summed E-state index contributed by atoms with van der Waals surface area (Å²) in [5.74, 6) is -5.56. The molecule has 1 unspecified atom stereocenters. The molecule has 2 heterocycles. The Morgan fingerprint density at radius 3 is 2.24 bits per heavy atom. The molecule has 2 aliphatic heterocycles. The summed E-state index contributed by atoms with van der Waals surface area (Å²) < 4.78 is 239. The van der Waals surface area contributed by atoms with Crippen molar-refractivity contribution in [2.45, 2.75) is 104 Å². The van der Waals surface area contributed by atoms with Crippen LogP contribution in [0.2, 0.25) is 0 Å². The average Bonchev–Trinajstić information content (AvgIpc) is 3.49. The summed E-state index contributed by atoms with van der Waals surface area (Å²) >= 11 is 0. The fraction of sp³-hybridized carbons (Fsp3) is 0.588. The molecule has 4 rings (SSSR count). The van der Waals surface area contributed by atoms with Crippen LogP contribution in [0.25, 0.3) is 0 Å². The summed E-state index contributed by atoms with van der Waals surface area (Å²) in [5, 5.41) is 3.82. The maximum absolute atomic E-state index is 15.3. The Hall–Kier alpha value is -2.88. The lowest BCUT2D eigenvalue weighted by atomic mass is 9.79. The van der Waals surface area contributed by atoms with E-state index in [0.717, 1.165) is 55.8 Å². The average molecular weight is 765 g/mol. The Bertz CT molecular complexity index is 2220. The zero-order chi connectivity index (χ0) is 48.5. The van der Waals surface area contributed by atoms with Crippen LogP contribution in [0.4, 0.5) is 30.7 Å². The van der Waals surface area contributed by atoms with Crippen LogP contribution in [0.3, 0.4) is 0 Å². The molecule has 17 heteroatoms. The number of hydrazone groups is 1. The van der Waals surface area contributed by atoms with Crippen molar-refractivity contribution >= 4 is 19.4 Å². The van der Waals surface area contributed by atoms with Crippen molar-refractivity contribution in [1.29, 1.82) is 0 Å². The number of carbonyl (C=O) groups excluding carboxylic acids is 1. The number of hydrogen-bond donors (Lipinski definition) is 0. The van der Waals surface area contributed by atoms with E-state index in [-0.39, 0.29) is 9.68 Å². The molecule has 0 aromatic heterocycles. The van der Waals surface area contributed by atoms with Gasteiger partial charge in [-0.25, -0.2) is 8.96 Å². The summed E-state index contributed by atoms with van der Waals surface area (Å²) in [4.78, 5) is 13.5. The molecule has 1 amide bonds. The molecule has 0 saturated carbocycles. The predicted molar refractivity (Wildman–Crippen MR) is 174 cm³/mol. The molecular formula is C34H43F7N3O6P. The van der Waals surface area contributed by atoms with Gasteiger partial charge in [-0.3, -0.25) is 18.7 Å². The first kappa shape index (κ1) is 27.7. The maximum Gasteiger partial charge on any atom is 0.457 e. The molecule has 4 atom stereocenters. The second-order valence-corrected chi connectivity index (χ2v) is 14.4. The van der Waals surface area contributed by atoms with Crippen LogP contribution in [0.5, 0.6) is 0 Å². The quantitative estimate of drug-likeness (QED) is 0.176. The van der Waals surface area contributed by atoms with Gasteiger partial charge in [0.2, 0.25) is 0 Å².